The van der Waals surface area contributed by atoms with Gasteiger partial charge in [-0.25, -0.2) is 0 Å². The number of hydrogen-bond donors (Lipinski definition) is 1. The van der Waals surface area contributed by atoms with Crippen LogP contribution in [0.1, 0.15) is 25.3 Å². The minimum absolute atomic E-state index is 0.0804. The fourth-order valence-corrected chi connectivity index (χ4v) is 2.36. The predicted octanol–water partition coefficient (Wildman–Crippen LogP) is 1.92. The second-order valence-corrected chi connectivity index (χ2v) is 5.51. The number of carbonyl (C=O) groups is 2. The van der Waals surface area contributed by atoms with Crippen LogP contribution in [0, 0.1) is 0 Å². The molecule has 0 bridgehead atoms. The third kappa shape index (κ3) is 5.33. The summed E-state index contributed by atoms with van der Waals surface area (Å²) in [6.07, 6.45) is 1.60. The standard InChI is InChI=1S/C17H23NO5/c1-12(23-11-14-7-5-9-22-14)17(20)18-15-8-4-3-6-13(15)10-16(19)21-2/h3-4,6,8,12,14H,5,7,9-11H2,1-2H3,(H,18,20). The summed E-state index contributed by atoms with van der Waals surface area (Å²) in [7, 11) is 1.34. The average molecular weight is 321 g/mol. The average Bonchev–Trinajstić information content (AvgIpc) is 3.07. The minimum Gasteiger partial charge on any atom is -0.469 e. The van der Waals surface area contributed by atoms with Gasteiger partial charge in [-0.05, 0) is 31.4 Å². The van der Waals surface area contributed by atoms with E-state index >= 15 is 0 Å². The minimum atomic E-state index is -0.592. The number of hydrogen-bond acceptors (Lipinski definition) is 5. The molecular weight excluding hydrogens is 298 g/mol. The van der Waals surface area contributed by atoms with Crippen LogP contribution in [0.2, 0.25) is 0 Å². The highest BCUT2D eigenvalue weighted by molar-refractivity contribution is 5.95. The topological polar surface area (TPSA) is 73.9 Å². The van der Waals surface area contributed by atoms with Crippen molar-refractivity contribution >= 4 is 17.6 Å². The van der Waals surface area contributed by atoms with Gasteiger partial charge < -0.3 is 19.5 Å². The summed E-state index contributed by atoms with van der Waals surface area (Å²) in [5.41, 5.74) is 1.30. The van der Waals surface area contributed by atoms with E-state index in [1.165, 1.54) is 7.11 Å². The van der Waals surface area contributed by atoms with E-state index < -0.39 is 6.10 Å². The van der Waals surface area contributed by atoms with Crippen LogP contribution in [0.15, 0.2) is 24.3 Å². The first kappa shape index (κ1) is 17.4. The lowest BCUT2D eigenvalue weighted by Crippen LogP contribution is -2.31. The maximum Gasteiger partial charge on any atom is 0.310 e. The third-order valence-electron chi connectivity index (χ3n) is 3.76. The zero-order chi connectivity index (χ0) is 16.7. The van der Waals surface area contributed by atoms with Crippen LogP contribution in [0.25, 0.3) is 0 Å². The lowest BCUT2D eigenvalue weighted by atomic mass is 10.1. The molecule has 1 heterocycles. The second-order valence-electron chi connectivity index (χ2n) is 5.51. The van der Waals surface area contributed by atoms with Crippen molar-refractivity contribution in [3.05, 3.63) is 29.8 Å². The molecule has 0 radical (unpaired) electrons. The Hall–Kier alpha value is -1.92. The summed E-state index contributed by atoms with van der Waals surface area (Å²) in [5.74, 6) is -0.602. The molecule has 1 amide bonds. The van der Waals surface area contributed by atoms with Crippen LogP contribution in [0.5, 0.6) is 0 Å². The summed E-state index contributed by atoms with van der Waals surface area (Å²) < 4.78 is 15.7. The van der Waals surface area contributed by atoms with Crippen molar-refractivity contribution < 1.29 is 23.8 Å². The Balaban J connectivity index is 1.89. The van der Waals surface area contributed by atoms with Crippen molar-refractivity contribution in [2.24, 2.45) is 0 Å². The lowest BCUT2D eigenvalue weighted by molar-refractivity contribution is -0.139. The molecule has 1 saturated heterocycles. The SMILES string of the molecule is COC(=O)Cc1ccccc1NC(=O)C(C)OCC1CCCO1. The number of carbonyl (C=O) groups excluding carboxylic acids is 2. The van der Waals surface area contributed by atoms with E-state index in [1.807, 2.05) is 6.07 Å². The van der Waals surface area contributed by atoms with Crippen molar-refractivity contribution in [2.75, 3.05) is 25.6 Å². The molecule has 2 atom stereocenters. The Bertz CT molecular complexity index is 540. The largest absolute Gasteiger partial charge is 0.469 e. The zero-order valence-electron chi connectivity index (χ0n) is 13.5. The van der Waals surface area contributed by atoms with Gasteiger partial charge in [-0.3, -0.25) is 9.59 Å². The Kier molecular flexibility index (Phi) is 6.55. The number of para-hydroxylation sites is 1. The maximum absolute atomic E-state index is 12.2. The van der Waals surface area contributed by atoms with Gasteiger partial charge in [0, 0.05) is 12.3 Å². The Labute approximate surface area is 136 Å². The molecule has 2 unspecified atom stereocenters. The molecule has 1 N–H and O–H groups in total. The molecule has 2 rings (SSSR count). The number of nitrogens with one attached hydrogen (secondary N) is 1. The van der Waals surface area contributed by atoms with Gasteiger partial charge in [-0.1, -0.05) is 18.2 Å². The van der Waals surface area contributed by atoms with E-state index in [2.05, 4.69) is 10.1 Å². The maximum atomic E-state index is 12.2. The number of amides is 1. The number of methoxy groups -OCH3 is 1. The Morgan fingerprint density at radius 2 is 2.17 bits per heavy atom. The Morgan fingerprint density at radius 1 is 1.39 bits per heavy atom. The van der Waals surface area contributed by atoms with Gasteiger partial charge in [0.25, 0.3) is 5.91 Å². The predicted molar refractivity (Wildman–Crippen MR) is 85.2 cm³/mol. The molecule has 1 aliphatic heterocycles. The van der Waals surface area contributed by atoms with Gasteiger partial charge >= 0.3 is 5.97 Å². The van der Waals surface area contributed by atoms with E-state index in [1.54, 1.807) is 25.1 Å². The van der Waals surface area contributed by atoms with Crippen LogP contribution < -0.4 is 5.32 Å². The molecule has 1 aliphatic rings. The van der Waals surface area contributed by atoms with Crippen molar-refractivity contribution in [3.63, 3.8) is 0 Å². The molecule has 1 fully saturated rings. The number of ether oxygens (including phenoxy) is 3. The Morgan fingerprint density at radius 3 is 2.87 bits per heavy atom. The van der Waals surface area contributed by atoms with Crippen molar-refractivity contribution in [1.82, 2.24) is 0 Å². The molecule has 0 saturated carbocycles. The molecule has 126 valence electrons. The smallest absolute Gasteiger partial charge is 0.310 e. The fraction of sp³-hybridized carbons (Fsp3) is 0.529. The summed E-state index contributed by atoms with van der Waals surface area (Å²) in [4.78, 5) is 23.7. The lowest BCUT2D eigenvalue weighted by Gasteiger charge is -2.17. The molecule has 6 nitrogen and oxygen atoms in total. The van der Waals surface area contributed by atoms with Gasteiger partial charge in [0.1, 0.15) is 6.10 Å². The van der Waals surface area contributed by atoms with Crippen molar-refractivity contribution in [2.45, 2.75) is 38.4 Å². The van der Waals surface area contributed by atoms with Gasteiger partial charge in [-0.2, -0.15) is 0 Å². The van der Waals surface area contributed by atoms with Crippen molar-refractivity contribution in [3.8, 4) is 0 Å². The van der Waals surface area contributed by atoms with E-state index in [0.29, 0.717) is 17.9 Å². The highest BCUT2D eigenvalue weighted by Crippen LogP contribution is 2.17. The van der Waals surface area contributed by atoms with Crippen LogP contribution in [0.3, 0.4) is 0 Å². The van der Waals surface area contributed by atoms with Gasteiger partial charge in [-0.15, -0.1) is 0 Å². The van der Waals surface area contributed by atoms with Crippen molar-refractivity contribution in [1.29, 1.82) is 0 Å². The van der Waals surface area contributed by atoms with Gasteiger partial charge in [0.2, 0.25) is 0 Å². The number of rotatable bonds is 7. The zero-order valence-corrected chi connectivity index (χ0v) is 13.5. The highest BCUT2D eigenvalue weighted by atomic mass is 16.5. The summed E-state index contributed by atoms with van der Waals surface area (Å²) in [5, 5.41) is 2.80. The summed E-state index contributed by atoms with van der Waals surface area (Å²) in [6, 6.07) is 7.15. The van der Waals surface area contributed by atoms with Crippen LogP contribution in [-0.4, -0.2) is 44.4 Å². The third-order valence-corrected chi connectivity index (χ3v) is 3.76. The highest BCUT2D eigenvalue weighted by Gasteiger charge is 2.20. The van der Waals surface area contributed by atoms with Gasteiger partial charge in [0.05, 0.1) is 26.2 Å². The van der Waals surface area contributed by atoms with E-state index in [-0.39, 0.29) is 24.4 Å². The molecule has 0 spiro atoms. The van der Waals surface area contributed by atoms with Crippen LogP contribution in [0.4, 0.5) is 5.69 Å². The molecule has 0 aliphatic carbocycles. The molecule has 1 aromatic rings. The first-order valence-electron chi connectivity index (χ1n) is 7.79. The molecule has 0 aromatic heterocycles. The van der Waals surface area contributed by atoms with E-state index in [0.717, 1.165) is 19.4 Å². The molecule has 6 heteroatoms. The number of esters is 1. The summed E-state index contributed by atoms with van der Waals surface area (Å²) >= 11 is 0. The van der Waals surface area contributed by atoms with Crippen LogP contribution in [-0.2, 0) is 30.2 Å². The number of anilines is 1. The van der Waals surface area contributed by atoms with E-state index in [4.69, 9.17) is 9.47 Å². The van der Waals surface area contributed by atoms with E-state index in [9.17, 15) is 9.59 Å². The first-order valence-corrected chi connectivity index (χ1v) is 7.79. The summed E-state index contributed by atoms with van der Waals surface area (Å²) in [6.45, 7) is 2.88. The molecular formula is C17H23NO5. The normalized spacial score (nSPS) is 18.4. The monoisotopic (exact) mass is 321 g/mol. The van der Waals surface area contributed by atoms with Gasteiger partial charge in [0.15, 0.2) is 0 Å². The first-order chi connectivity index (χ1) is 11.1. The van der Waals surface area contributed by atoms with Crippen LogP contribution >= 0.6 is 0 Å². The molecule has 23 heavy (non-hydrogen) atoms. The number of benzene rings is 1. The fourth-order valence-electron chi connectivity index (χ4n) is 2.36. The second kappa shape index (κ2) is 8.64. The molecule has 1 aromatic carbocycles. The quantitative estimate of drug-likeness (QED) is 0.777.